The molecule has 0 aliphatic carbocycles. The third kappa shape index (κ3) is 3.30. The van der Waals surface area contributed by atoms with Crippen molar-refractivity contribution in [3.63, 3.8) is 0 Å². The molecule has 0 saturated carbocycles. The molecule has 4 rings (SSSR count). The molecule has 0 unspecified atom stereocenters. The lowest BCUT2D eigenvalue weighted by Crippen LogP contribution is -1.96. The molecule has 2 heterocycles. The third-order valence-corrected chi connectivity index (χ3v) is 4.37. The average Bonchev–Trinajstić information content (AvgIpc) is 3.35. The number of hydrogen-bond donors (Lipinski definition) is 3. The molecule has 3 N–H and O–H groups in total. The first-order valence-electron chi connectivity index (χ1n) is 8.36. The lowest BCUT2D eigenvalue weighted by atomic mass is 10.1. The first-order valence-corrected chi connectivity index (χ1v) is 8.77. The van der Waals surface area contributed by atoms with Gasteiger partial charge in [0.2, 0.25) is 10.6 Å². The minimum atomic E-state index is -0.00165. The van der Waals surface area contributed by atoms with E-state index < -0.39 is 0 Å². The van der Waals surface area contributed by atoms with E-state index in [0.29, 0.717) is 27.6 Å². The Hall–Kier alpha value is -3.72. The maximum atomic E-state index is 10.2. The Kier molecular flexibility index (Phi) is 4.73. The van der Waals surface area contributed by atoms with E-state index in [-0.39, 0.29) is 5.75 Å². The maximum Gasteiger partial charge on any atom is 0.216 e. The number of rotatable bonds is 5. The number of benzene rings is 2. The molecule has 2 aromatic heterocycles. The summed E-state index contributed by atoms with van der Waals surface area (Å²) in [7, 11) is 1.49. The molecule has 0 amide bonds. The minimum absolute atomic E-state index is 0.00165. The van der Waals surface area contributed by atoms with Crippen molar-refractivity contribution >= 4 is 18.4 Å². The Morgan fingerprint density at radius 3 is 2.71 bits per heavy atom. The second kappa shape index (κ2) is 7.49. The summed E-state index contributed by atoms with van der Waals surface area (Å²) in [6, 6.07) is 16.8. The lowest BCUT2D eigenvalue weighted by molar-refractivity contribution is 0.373. The second-order valence-electron chi connectivity index (χ2n) is 5.84. The van der Waals surface area contributed by atoms with Crippen molar-refractivity contribution in [2.24, 2.45) is 5.10 Å². The predicted molar refractivity (Wildman–Crippen MR) is 108 cm³/mol. The molecule has 2 aromatic carbocycles. The topological polar surface area (TPSA) is 104 Å². The van der Waals surface area contributed by atoms with Crippen LogP contribution < -0.4 is 4.74 Å². The summed E-state index contributed by atoms with van der Waals surface area (Å²) in [5.41, 5.74) is 2.90. The summed E-state index contributed by atoms with van der Waals surface area (Å²) >= 11 is 5.28. The Morgan fingerprint density at radius 2 is 1.93 bits per heavy atom. The van der Waals surface area contributed by atoms with Crippen LogP contribution in [0.1, 0.15) is 5.56 Å². The molecule has 4 aromatic rings. The highest BCUT2D eigenvalue weighted by Gasteiger charge is 2.13. The zero-order valence-electron chi connectivity index (χ0n) is 14.8. The quantitative estimate of drug-likeness (QED) is 0.356. The average molecular weight is 392 g/mol. The van der Waals surface area contributed by atoms with Crippen molar-refractivity contribution in [1.82, 2.24) is 25.1 Å². The fourth-order valence-corrected chi connectivity index (χ4v) is 2.87. The molecule has 0 aliphatic rings. The molecule has 0 bridgehead atoms. The fourth-order valence-electron chi connectivity index (χ4n) is 2.69. The van der Waals surface area contributed by atoms with Crippen LogP contribution in [-0.2, 0) is 0 Å². The number of ether oxygens (including phenoxy) is 1. The van der Waals surface area contributed by atoms with Crippen molar-refractivity contribution in [2.45, 2.75) is 0 Å². The van der Waals surface area contributed by atoms with E-state index in [4.69, 9.17) is 17.0 Å². The van der Waals surface area contributed by atoms with Crippen LogP contribution in [0.25, 0.3) is 22.8 Å². The zero-order valence-corrected chi connectivity index (χ0v) is 15.6. The summed E-state index contributed by atoms with van der Waals surface area (Å²) in [5.74, 6) is 0.831. The smallest absolute Gasteiger partial charge is 0.216 e. The van der Waals surface area contributed by atoms with Crippen LogP contribution >= 0.6 is 12.2 Å². The van der Waals surface area contributed by atoms with Crippen LogP contribution in [0.3, 0.4) is 0 Å². The number of aromatic nitrogens is 5. The van der Waals surface area contributed by atoms with Crippen molar-refractivity contribution in [3.05, 3.63) is 64.9 Å². The number of aromatic amines is 2. The van der Waals surface area contributed by atoms with Crippen LogP contribution in [-0.4, -0.2) is 43.5 Å². The monoisotopic (exact) mass is 392 g/mol. The van der Waals surface area contributed by atoms with Gasteiger partial charge < -0.3 is 9.84 Å². The van der Waals surface area contributed by atoms with Gasteiger partial charge in [-0.3, -0.25) is 5.10 Å². The Balaban J connectivity index is 1.70. The van der Waals surface area contributed by atoms with Crippen molar-refractivity contribution in [1.29, 1.82) is 0 Å². The van der Waals surface area contributed by atoms with E-state index in [0.717, 1.165) is 11.3 Å². The van der Waals surface area contributed by atoms with Gasteiger partial charge >= 0.3 is 0 Å². The molecule has 0 radical (unpaired) electrons. The SMILES string of the molecule is COc1cccc(/C=N/n2c(-c3cc(-c4ccccc4)n[nH]3)n[nH]c2=S)c1O. The molecule has 0 atom stereocenters. The molecule has 0 saturated heterocycles. The number of nitrogens with zero attached hydrogens (tertiary/aromatic N) is 4. The molecular weight excluding hydrogens is 376 g/mol. The third-order valence-electron chi connectivity index (χ3n) is 4.10. The van der Waals surface area contributed by atoms with Crippen LogP contribution in [0.5, 0.6) is 11.5 Å². The highest BCUT2D eigenvalue weighted by molar-refractivity contribution is 7.71. The van der Waals surface area contributed by atoms with Gasteiger partial charge in [0, 0.05) is 11.1 Å². The molecule has 8 nitrogen and oxygen atoms in total. The normalized spacial score (nSPS) is 11.2. The highest BCUT2D eigenvalue weighted by atomic mass is 32.1. The van der Waals surface area contributed by atoms with Crippen molar-refractivity contribution in [3.8, 4) is 34.3 Å². The van der Waals surface area contributed by atoms with E-state index >= 15 is 0 Å². The van der Waals surface area contributed by atoms with Crippen molar-refractivity contribution in [2.75, 3.05) is 7.11 Å². The van der Waals surface area contributed by atoms with Crippen molar-refractivity contribution < 1.29 is 9.84 Å². The first kappa shape index (κ1) is 17.7. The van der Waals surface area contributed by atoms with Gasteiger partial charge in [-0.1, -0.05) is 36.4 Å². The number of nitrogens with one attached hydrogen (secondary N) is 2. The van der Waals surface area contributed by atoms with E-state index in [1.165, 1.54) is 18.0 Å². The fraction of sp³-hybridized carbons (Fsp3) is 0.0526. The lowest BCUT2D eigenvalue weighted by Gasteiger charge is -2.05. The summed E-state index contributed by atoms with van der Waals surface area (Å²) in [6.07, 6.45) is 1.49. The standard InChI is InChI=1S/C19H16N6O2S/c1-27-16-9-5-8-13(17(16)26)11-20-25-18(23-24-19(25)28)15-10-14(21-22-15)12-6-3-2-4-7-12/h2-11,26H,1H3,(H,21,22)(H,24,28)/b20-11+. The van der Waals surface area contributed by atoms with E-state index in [9.17, 15) is 5.11 Å². The first-order chi connectivity index (χ1) is 13.7. The number of hydrogen-bond acceptors (Lipinski definition) is 6. The number of H-pyrrole nitrogens is 2. The molecule has 9 heteroatoms. The number of phenolic OH excluding ortho intramolecular Hbond substituents is 1. The minimum Gasteiger partial charge on any atom is -0.504 e. The Bertz CT molecular complexity index is 1190. The zero-order chi connectivity index (χ0) is 19.5. The van der Waals surface area contributed by atoms with Gasteiger partial charge in [-0.25, -0.2) is 5.10 Å². The van der Waals surface area contributed by atoms with E-state index in [1.54, 1.807) is 18.2 Å². The van der Waals surface area contributed by atoms with Gasteiger partial charge in [0.1, 0.15) is 5.69 Å². The van der Waals surface area contributed by atoms with E-state index in [1.807, 2.05) is 36.4 Å². The molecule has 0 fully saturated rings. The second-order valence-corrected chi connectivity index (χ2v) is 6.23. The Labute approximate surface area is 165 Å². The summed E-state index contributed by atoms with van der Waals surface area (Å²) in [6.45, 7) is 0. The Morgan fingerprint density at radius 1 is 1.11 bits per heavy atom. The highest BCUT2D eigenvalue weighted by Crippen LogP contribution is 2.28. The van der Waals surface area contributed by atoms with Gasteiger partial charge in [-0.2, -0.15) is 20.0 Å². The molecule has 28 heavy (non-hydrogen) atoms. The predicted octanol–water partition coefficient (Wildman–Crippen LogP) is 3.59. The van der Waals surface area contributed by atoms with Crippen LogP contribution in [0.4, 0.5) is 0 Å². The van der Waals surface area contributed by atoms with Gasteiger partial charge in [-0.15, -0.1) is 0 Å². The van der Waals surface area contributed by atoms with Crippen LogP contribution in [0, 0.1) is 4.77 Å². The summed E-state index contributed by atoms with van der Waals surface area (Å²) < 4.78 is 6.88. The van der Waals surface area contributed by atoms with Gasteiger partial charge in [0.05, 0.1) is 19.0 Å². The number of aromatic hydroxyl groups is 1. The van der Waals surface area contributed by atoms with E-state index in [2.05, 4.69) is 25.5 Å². The van der Waals surface area contributed by atoms with Gasteiger partial charge in [0.15, 0.2) is 11.5 Å². The molecular formula is C19H16N6O2S. The number of para-hydroxylation sites is 1. The summed E-state index contributed by atoms with van der Waals surface area (Å²) in [4.78, 5) is 0. The molecule has 0 aliphatic heterocycles. The maximum absolute atomic E-state index is 10.2. The number of methoxy groups -OCH3 is 1. The number of phenols is 1. The van der Waals surface area contributed by atoms with Gasteiger partial charge in [0.25, 0.3) is 0 Å². The summed E-state index contributed by atoms with van der Waals surface area (Å²) in [5, 5.41) is 28.8. The molecule has 140 valence electrons. The largest absolute Gasteiger partial charge is 0.504 e. The van der Waals surface area contributed by atoms with Crippen LogP contribution in [0.2, 0.25) is 0 Å². The van der Waals surface area contributed by atoms with Crippen LogP contribution in [0.15, 0.2) is 59.7 Å². The molecule has 0 spiro atoms. The van der Waals surface area contributed by atoms with Gasteiger partial charge in [-0.05, 0) is 30.4 Å².